The average molecular weight is 273 g/mol. The summed E-state index contributed by atoms with van der Waals surface area (Å²) in [5.41, 5.74) is 1.30. The molecule has 1 amide bonds. The van der Waals surface area contributed by atoms with Gasteiger partial charge in [0.15, 0.2) is 0 Å². The molecule has 4 heteroatoms. The normalized spacial score (nSPS) is 18.6. The van der Waals surface area contributed by atoms with E-state index < -0.39 is 0 Å². The summed E-state index contributed by atoms with van der Waals surface area (Å²) in [6.45, 7) is 3.33. The minimum Gasteiger partial charge on any atom is -0.461 e. The molecule has 1 aliphatic heterocycles. The molecule has 1 atom stereocenters. The summed E-state index contributed by atoms with van der Waals surface area (Å²) in [5, 5.41) is 0.971. The van der Waals surface area contributed by atoms with Gasteiger partial charge in [-0.1, -0.05) is 12.1 Å². The van der Waals surface area contributed by atoms with Crippen LogP contribution in [0.3, 0.4) is 0 Å². The van der Waals surface area contributed by atoms with Crippen molar-refractivity contribution in [3.05, 3.63) is 35.6 Å². The molecule has 0 unspecified atom stereocenters. The number of furan rings is 1. The number of hydrogen-bond acceptors (Lipinski definition) is 3. The first-order valence-electron chi connectivity index (χ1n) is 7.01. The highest BCUT2D eigenvalue weighted by Gasteiger charge is 2.22. The van der Waals surface area contributed by atoms with Crippen LogP contribution in [0.15, 0.2) is 28.7 Å². The second-order valence-electron chi connectivity index (χ2n) is 5.40. The van der Waals surface area contributed by atoms with Crippen molar-refractivity contribution in [2.75, 3.05) is 20.2 Å². The SMILES string of the molecule is Cc1cc2cccc(C(=O)N(C)C[C@H]3CCCO3)c2o1. The average Bonchev–Trinajstić information content (AvgIpc) is 3.05. The topological polar surface area (TPSA) is 42.7 Å². The molecular formula is C16H19NO3. The Morgan fingerprint density at radius 2 is 2.30 bits per heavy atom. The summed E-state index contributed by atoms with van der Waals surface area (Å²) in [7, 11) is 1.82. The summed E-state index contributed by atoms with van der Waals surface area (Å²) < 4.78 is 11.2. The van der Waals surface area contributed by atoms with Crippen molar-refractivity contribution in [3.8, 4) is 0 Å². The molecular weight excluding hydrogens is 254 g/mol. The van der Waals surface area contributed by atoms with Gasteiger partial charge in [-0.25, -0.2) is 0 Å². The highest BCUT2D eigenvalue weighted by molar-refractivity contribution is 6.04. The maximum Gasteiger partial charge on any atom is 0.257 e. The van der Waals surface area contributed by atoms with Gasteiger partial charge in [-0.3, -0.25) is 4.79 Å². The van der Waals surface area contributed by atoms with E-state index in [0.717, 1.165) is 30.6 Å². The van der Waals surface area contributed by atoms with Crippen LogP contribution in [0.4, 0.5) is 0 Å². The van der Waals surface area contributed by atoms with Crippen LogP contribution in [-0.2, 0) is 4.74 Å². The van der Waals surface area contributed by atoms with E-state index in [1.54, 1.807) is 4.90 Å². The molecule has 20 heavy (non-hydrogen) atoms. The Morgan fingerprint density at radius 1 is 1.45 bits per heavy atom. The Balaban J connectivity index is 1.84. The molecule has 106 valence electrons. The third-order valence-corrected chi connectivity index (χ3v) is 3.75. The zero-order chi connectivity index (χ0) is 14.1. The fourth-order valence-electron chi connectivity index (χ4n) is 2.74. The summed E-state index contributed by atoms with van der Waals surface area (Å²) in [6.07, 6.45) is 2.28. The van der Waals surface area contributed by atoms with Crippen molar-refractivity contribution >= 4 is 16.9 Å². The summed E-state index contributed by atoms with van der Waals surface area (Å²) >= 11 is 0. The Morgan fingerprint density at radius 3 is 3.05 bits per heavy atom. The maximum atomic E-state index is 12.6. The van der Waals surface area contributed by atoms with E-state index in [-0.39, 0.29) is 12.0 Å². The van der Waals surface area contributed by atoms with Crippen LogP contribution >= 0.6 is 0 Å². The fraction of sp³-hybridized carbons (Fsp3) is 0.438. The van der Waals surface area contributed by atoms with E-state index in [9.17, 15) is 4.79 Å². The first-order valence-corrected chi connectivity index (χ1v) is 7.01. The first kappa shape index (κ1) is 13.2. The van der Waals surface area contributed by atoms with Crippen molar-refractivity contribution in [2.24, 2.45) is 0 Å². The fourth-order valence-corrected chi connectivity index (χ4v) is 2.74. The monoisotopic (exact) mass is 273 g/mol. The quantitative estimate of drug-likeness (QED) is 0.863. The number of carbonyl (C=O) groups is 1. The number of ether oxygens (including phenoxy) is 1. The molecule has 4 nitrogen and oxygen atoms in total. The number of carbonyl (C=O) groups excluding carboxylic acids is 1. The largest absolute Gasteiger partial charge is 0.461 e. The predicted octanol–water partition coefficient (Wildman–Crippen LogP) is 2.99. The van der Waals surface area contributed by atoms with Crippen LogP contribution in [0, 0.1) is 6.92 Å². The first-order chi connectivity index (χ1) is 9.65. The molecule has 3 rings (SSSR count). The molecule has 1 saturated heterocycles. The van der Waals surface area contributed by atoms with Crippen LogP contribution in [0.1, 0.15) is 29.0 Å². The molecule has 1 aromatic heterocycles. The van der Waals surface area contributed by atoms with Gasteiger partial charge in [-0.2, -0.15) is 0 Å². The molecule has 0 spiro atoms. The Hall–Kier alpha value is -1.81. The number of para-hydroxylation sites is 1. The highest BCUT2D eigenvalue weighted by Crippen LogP contribution is 2.24. The molecule has 0 N–H and O–H groups in total. The number of nitrogens with zero attached hydrogens (tertiary/aromatic N) is 1. The van der Waals surface area contributed by atoms with Gasteiger partial charge in [0.2, 0.25) is 0 Å². The highest BCUT2D eigenvalue weighted by atomic mass is 16.5. The lowest BCUT2D eigenvalue weighted by Crippen LogP contribution is -2.34. The maximum absolute atomic E-state index is 12.6. The molecule has 1 fully saturated rings. The lowest BCUT2D eigenvalue weighted by molar-refractivity contribution is 0.0587. The standard InChI is InChI=1S/C16H19NO3/c1-11-9-12-5-3-7-14(15(12)20-11)16(18)17(2)10-13-6-4-8-19-13/h3,5,7,9,13H,4,6,8,10H2,1-2H3/t13-/m1/s1. The van der Waals surface area contributed by atoms with E-state index in [0.29, 0.717) is 17.7 Å². The van der Waals surface area contributed by atoms with Crippen molar-refractivity contribution in [3.63, 3.8) is 0 Å². The third kappa shape index (κ3) is 2.43. The van der Waals surface area contributed by atoms with Crippen molar-refractivity contribution in [1.29, 1.82) is 0 Å². The number of amides is 1. The second kappa shape index (κ2) is 5.29. The number of aryl methyl sites for hydroxylation is 1. The molecule has 0 aliphatic carbocycles. The van der Waals surface area contributed by atoms with Crippen LogP contribution < -0.4 is 0 Å². The van der Waals surface area contributed by atoms with Gasteiger partial charge >= 0.3 is 0 Å². The van der Waals surface area contributed by atoms with Gasteiger partial charge in [0.05, 0.1) is 11.7 Å². The summed E-state index contributed by atoms with van der Waals surface area (Å²) in [6, 6.07) is 7.62. The van der Waals surface area contributed by atoms with Crippen LogP contribution in [0.2, 0.25) is 0 Å². The van der Waals surface area contributed by atoms with Gasteiger partial charge in [0.25, 0.3) is 5.91 Å². The van der Waals surface area contributed by atoms with Gasteiger partial charge < -0.3 is 14.1 Å². The summed E-state index contributed by atoms with van der Waals surface area (Å²) in [5.74, 6) is 0.808. The molecule has 2 aromatic rings. The van der Waals surface area contributed by atoms with Gasteiger partial charge in [-0.15, -0.1) is 0 Å². The van der Waals surface area contributed by atoms with Crippen LogP contribution in [0.5, 0.6) is 0 Å². The van der Waals surface area contributed by atoms with E-state index in [2.05, 4.69) is 0 Å². The number of hydrogen-bond donors (Lipinski definition) is 0. The van der Waals surface area contributed by atoms with Crippen molar-refractivity contribution < 1.29 is 13.9 Å². The van der Waals surface area contributed by atoms with E-state index in [4.69, 9.17) is 9.15 Å². The third-order valence-electron chi connectivity index (χ3n) is 3.75. The zero-order valence-corrected chi connectivity index (χ0v) is 11.9. The molecule has 1 aromatic carbocycles. The van der Waals surface area contributed by atoms with Crippen molar-refractivity contribution in [1.82, 2.24) is 4.90 Å². The molecule has 1 aliphatic rings. The smallest absolute Gasteiger partial charge is 0.257 e. The lowest BCUT2D eigenvalue weighted by atomic mass is 10.1. The van der Waals surface area contributed by atoms with Crippen LogP contribution in [-0.4, -0.2) is 37.1 Å². The van der Waals surface area contributed by atoms with Crippen LogP contribution in [0.25, 0.3) is 11.0 Å². The zero-order valence-electron chi connectivity index (χ0n) is 11.9. The Labute approximate surface area is 118 Å². The Bertz CT molecular complexity index is 626. The number of likely N-dealkylation sites (N-methyl/N-ethyl adjacent to an activating group) is 1. The molecule has 2 heterocycles. The van der Waals surface area contributed by atoms with Crippen molar-refractivity contribution in [2.45, 2.75) is 25.9 Å². The van der Waals surface area contributed by atoms with E-state index in [1.807, 2.05) is 38.2 Å². The summed E-state index contributed by atoms with van der Waals surface area (Å²) in [4.78, 5) is 14.3. The van der Waals surface area contributed by atoms with Gasteiger partial charge in [0, 0.05) is 25.6 Å². The molecule has 0 radical (unpaired) electrons. The van der Waals surface area contributed by atoms with E-state index >= 15 is 0 Å². The number of benzene rings is 1. The molecule has 0 saturated carbocycles. The molecule has 0 bridgehead atoms. The number of rotatable bonds is 3. The predicted molar refractivity (Wildman–Crippen MR) is 76.9 cm³/mol. The second-order valence-corrected chi connectivity index (χ2v) is 5.40. The number of fused-ring (bicyclic) bond motifs is 1. The lowest BCUT2D eigenvalue weighted by Gasteiger charge is -2.20. The Kier molecular flexibility index (Phi) is 3.49. The van der Waals surface area contributed by atoms with Gasteiger partial charge in [-0.05, 0) is 31.9 Å². The minimum absolute atomic E-state index is 0.0135. The van der Waals surface area contributed by atoms with E-state index in [1.165, 1.54) is 0 Å². The minimum atomic E-state index is -0.0135. The van der Waals surface area contributed by atoms with Gasteiger partial charge in [0.1, 0.15) is 11.3 Å².